The first-order chi connectivity index (χ1) is 5.83. The molecule has 0 nitrogen and oxygen atoms in total. The van der Waals surface area contributed by atoms with Crippen LogP contribution in [-0.2, 0) is 0 Å². The molecule has 0 N–H and O–H groups in total. The van der Waals surface area contributed by atoms with Gasteiger partial charge in [-0.25, -0.2) is 0 Å². The Morgan fingerprint density at radius 1 is 1.42 bits per heavy atom. The molecular weight excluding hydrogens is 212 g/mol. The maximum Gasteiger partial charge on any atom is 0.0148 e. The molecule has 12 heavy (non-hydrogen) atoms. The Hall–Kier alpha value is 0.0400. The average Bonchev–Trinajstić information content (AvgIpc) is 2.05. The fraction of sp³-hybridized carbons (Fsp3) is 0.818. The van der Waals surface area contributed by atoms with E-state index in [4.69, 9.17) is 0 Å². The normalized spacial score (nSPS) is 29.2. The van der Waals surface area contributed by atoms with Crippen LogP contribution in [0, 0.1) is 17.8 Å². The minimum Gasteiger partial charge on any atom is -0.107 e. The average molecular weight is 229 g/mol. The first-order valence-electron chi connectivity index (χ1n) is 4.86. The number of hydrogen-bond donors (Lipinski definition) is 0. The Bertz CT molecular complexity index is 175. The highest BCUT2D eigenvalue weighted by molar-refractivity contribution is 9.09. The van der Waals surface area contributed by atoms with Gasteiger partial charge < -0.3 is 0 Å². The van der Waals surface area contributed by atoms with Gasteiger partial charge in [-0.1, -0.05) is 28.8 Å². The molecule has 0 bridgehead atoms. The van der Waals surface area contributed by atoms with E-state index in [0.717, 1.165) is 17.2 Å². The third kappa shape index (κ3) is 3.63. The van der Waals surface area contributed by atoms with Crippen molar-refractivity contribution in [3.8, 4) is 11.8 Å². The predicted molar refractivity (Wildman–Crippen MR) is 57.4 cm³/mol. The number of halogens is 1. The van der Waals surface area contributed by atoms with Crippen molar-refractivity contribution in [1.82, 2.24) is 0 Å². The summed E-state index contributed by atoms with van der Waals surface area (Å²) in [5.74, 6) is 7.04. The van der Waals surface area contributed by atoms with Crippen molar-refractivity contribution in [2.24, 2.45) is 5.92 Å². The van der Waals surface area contributed by atoms with Gasteiger partial charge in [-0.2, -0.15) is 0 Å². The summed E-state index contributed by atoms with van der Waals surface area (Å²) in [4.78, 5) is 0.783. The smallest absolute Gasteiger partial charge is 0.0148 e. The quantitative estimate of drug-likeness (QED) is 0.499. The topological polar surface area (TPSA) is 0 Å². The van der Waals surface area contributed by atoms with E-state index in [9.17, 15) is 0 Å². The molecule has 0 saturated heterocycles. The van der Waals surface area contributed by atoms with Gasteiger partial charge in [0.2, 0.25) is 0 Å². The van der Waals surface area contributed by atoms with Crippen LogP contribution in [0.2, 0.25) is 0 Å². The van der Waals surface area contributed by atoms with Gasteiger partial charge in [-0.3, -0.25) is 0 Å². The van der Waals surface area contributed by atoms with Gasteiger partial charge in [0.15, 0.2) is 0 Å². The molecule has 2 unspecified atom stereocenters. The van der Waals surface area contributed by atoms with Crippen LogP contribution in [0.25, 0.3) is 0 Å². The number of hydrogen-bond acceptors (Lipinski definition) is 0. The van der Waals surface area contributed by atoms with E-state index in [1.54, 1.807) is 0 Å². The van der Waals surface area contributed by atoms with Crippen molar-refractivity contribution in [3.05, 3.63) is 0 Å². The van der Waals surface area contributed by atoms with E-state index in [-0.39, 0.29) is 0 Å². The summed E-state index contributed by atoms with van der Waals surface area (Å²) >= 11 is 3.70. The van der Waals surface area contributed by atoms with Crippen LogP contribution in [0.3, 0.4) is 0 Å². The van der Waals surface area contributed by atoms with Crippen LogP contribution in [0.5, 0.6) is 0 Å². The van der Waals surface area contributed by atoms with Crippen LogP contribution in [0.1, 0.15) is 45.4 Å². The highest BCUT2D eigenvalue weighted by Crippen LogP contribution is 2.31. The molecule has 68 valence electrons. The van der Waals surface area contributed by atoms with Crippen molar-refractivity contribution in [1.29, 1.82) is 0 Å². The first-order valence-corrected chi connectivity index (χ1v) is 5.78. The molecule has 0 aromatic carbocycles. The van der Waals surface area contributed by atoms with E-state index in [1.807, 2.05) is 6.92 Å². The Kier molecular flexibility index (Phi) is 4.76. The molecule has 0 aromatic rings. The van der Waals surface area contributed by atoms with E-state index in [0.29, 0.717) is 0 Å². The van der Waals surface area contributed by atoms with Crippen molar-refractivity contribution in [2.75, 3.05) is 0 Å². The standard InChI is InChI=1S/C11H17Br/c1-2-3-4-6-10-7-5-8-11(12)9-10/h10-11H,4-9H2,1H3. The molecule has 0 radical (unpaired) electrons. The largest absolute Gasteiger partial charge is 0.107 e. The van der Waals surface area contributed by atoms with Gasteiger partial charge in [0.05, 0.1) is 0 Å². The van der Waals surface area contributed by atoms with Gasteiger partial charge in [0.1, 0.15) is 0 Å². The summed E-state index contributed by atoms with van der Waals surface area (Å²) in [5.41, 5.74) is 0. The lowest BCUT2D eigenvalue weighted by atomic mass is 9.86. The fourth-order valence-electron chi connectivity index (χ4n) is 1.89. The second-order valence-corrected chi connectivity index (χ2v) is 4.89. The molecule has 1 rings (SSSR count). The molecule has 1 aliphatic rings. The zero-order valence-corrected chi connectivity index (χ0v) is 9.36. The van der Waals surface area contributed by atoms with E-state index in [2.05, 4.69) is 27.8 Å². The summed E-state index contributed by atoms with van der Waals surface area (Å²) < 4.78 is 0. The molecule has 1 saturated carbocycles. The predicted octanol–water partition coefficient (Wildman–Crippen LogP) is 3.74. The summed E-state index contributed by atoms with van der Waals surface area (Å²) in [6, 6.07) is 0. The van der Waals surface area contributed by atoms with Crippen molar-refractivity contribution < 1.29 is 0 Å². The molecule has 0 amide bonds. The van der Waals surface area contributed by atoms with Crippen molar-refractivity contribution >= 4 is 15.9 Å². The summed E-state index contributed by atoms with van der Waals surface area (Å²) in [6.45, 7) is 1.92. The van der Waals surface area contributed by atoms with Crippen LogP contribution in [0.4, 0.5) is 0 Å². The van der Waals surface area contributed by atoms with Gasteiger partial charge >= 0.3 is 0 Å². The molecule has 1 heteroatoms. The molecule has 0 heterocycles. The van der Waals surface area contributed by atoms with Crippen molar-refractivity contribution in [3.63, 3.8) is 0 Å². The number of rotatable bonds is 2. The molecular formula is C11H17Br. The van der Waals surface area contributed by atoms with E-state index < -0.39 is 0 Å². The Labute approximate surface area is 84.2 Å². The minimum atomic E-state index is 0.783. The Balaban J connectivity index is 2.17. The highest BCUT2D eigenvalue weighted by Gasteiger charge is 2.18. The highest BCUT2D eigenvalue weighted by atomic mass is 79.9. The lowest BCUT2D eigenvalue weighted by Crippen LogP contribution is -2.14. The molecule has 0 aromatic heterocycles. The minimum absolute atomic E-state index is 0.783. The summed E-state index contributed by atoms with van der Waals surface area (Å²) in [7, 11) is 0. The molecule has 1 aliphatic carbocycles. The fourth-order valence-corrected chi connectivity index (χ4v) is 2.74. The van der Waals surface area contributed by atoms with E-state index >= 15 is 0 Å². The lowest BCUT2D eigenvalue weighted by molar-refractivity contribution is 0.353. The maximum atomic E-state index is 3.70. The summed E-state index contributed by atoms with van der Waals surface area (Å²) in [5, 5.41) is 0. The SMILES string of the molecule is CC#CCCC1CCCC(Br)C1. The first kappa shape index (κ1) is 10.1. The van der Waals surface area contributed by atoms with Crippen LogP contribution < -0.4 is 0 Å². The lowest BCUT2D eigenvalue weighted by Gasteiger charge is -2.24. The monoisotopic (exact) mass is 228 g/mol. The van der Waals surface area contributed by atoms with Crippen LogP contribution >= 0.6 is 15.9 Å². The van der Waals surface area contributed by atoms with Gasteiger partial charge in [-0.15, -0.1) is 11.8 Å². The molecule has 0 aliphatic heterocycles. The second kappa shape index (κ2) is 5.65. The molecule has 2 atom stereocenters. The summed E-state index contributed by atoms with van der Waals surface area (Å²) in [6.07, 6.45) is 7.97. The molecule has 1 fully saturated rings. The molecule has 0 spiro atoms. The number of alkyl halides is 1. The van der Waals surface area contributed by atoms with Gasteiger partial charge in [0.25, 0.3) is 0 Å². The third-order valence-corrected chi connectivity index (χ3v) is 3.40. The zero-order valence-electron chi connectivity index (χ0n) is 7.78. The Morgan fingerprint density at radius 2 is 2.25 bits per heavy atom. The van der Waals surface area contributed by atoms with Crippen LogP contribution in [-0.4, -0.2) is 4.83 Å². The maximum absolute atomic E-state index is 3.70. The van der Waals surface area contributed by atoms with Gasteiger partial charge in [-0.05, 0) is 32.1 Å². The third-order valence-electron chi connectivity index (χ3n) is 2.57. The van der Waals surface area contributed by atoms with Crippen LogP contribution in [0.15, 0.2) is 0 Å². The Morgan fingerprint density at radius 3 is 2.92 bits per heavy atom. The van der Waals surface area contributed by atoms with E-state index in [1.165, 1.54) is 32.1 Å². The van der Waals surface area contributed by atoms with Gasteiger partial charge in [0, 0.05) is 11.2 Å². The van der Waals surface area contributed by atoms with Crippen molar-refractivity contribution in [2.45, 2.75) is 50.3 Å². The second-order valence-electron chi connectivity index (χ2n) is 3.60. The zero-order chi connectivity index (χ0) is 8.81.